The first-order valence-electron chi connectivity index (χ1n) is 9.09. The van der Waals surface area contributed by atoms with Crippen LogP contribution in [0.15, 0.2) is 30.3 Å². The maximum Gasteiger partial charge on any atom is 0.254 e. The van der Waals surface area contributed by atoms with E-state index >= 15 is 0 Å². The van der Waals surface area contributed by atoms with Crippen LogP contribution in [0.1, 0.15) is 57.3 Å². The third kappa shape index (κ3) is 5.05. The Balaban J connectivity index is 2.10. The maximum absolute atomic E-state index is 12.8. The minimum atomic E-state index is -1.01. The van der Waals surface area contributed by atoms with Crippen molar-refractivity contribution in [3.05, 3.63) is 35.9 Å². The van der Waals surface area contributed by atoms with Gasteiger partial charge in [-0.05, 0) is 51.2 Å². The minimum Gasteiger partial charge on any atom is -0.388 e. The van der Waals surface area contributed by atoms with Crippen LogP contribution >= 0.6 is 0 Å². The van der Waals surface area contributed by atoms with Crippen LogP contribution in [-0.4, -0.2) is 46.1 Å². The molecule has 2 N–H and O–H groups in total. The molecule has 2 atom stereocenters. The summed E-state index contributed by atoms with van der Waals surface area (Å²) in [4.78, 5) is 27.2. The van der Waals surface area contributed by atoms with E-state index in [4.69, 9.17) is 0 Å². The fourth-order valence-corrected chi connectivity index (χ4v) is 3.29. The van der Waals surface area contributed by atoms with E-state index < -0.39 is 11.6 Å². The van der Waals surface area contributed by atoms with Crippen LogP contribution in [-0.2, 0) is 4.79 Å². The molecule has 25 heavy (non-hydrogen) atoms. The minimum absolute atomic E-state index is 0.109. The van der Waals surface area contributed by atoms with Gasteiger partial charge in [-0.25, -0.2) is 0 Å². The number of carbonyl (C=O) groups is 2. The van der Waals surface area contributed by atoms with Crippen molar-refractivity contribution in [1.82, 2.24) is 10.2 Å². The van der Waals surface area contributed by atoms with Crippen LogP contribution in [0.4, 0.5) is 0 Å². The quantitative estimate of drug-likeness (QED) is 0.832. The summed E-state index contributed by atoms with van der Waals surface area (Å²) in [6, 6.07) is 8.25. The summed E-state index contributed by atoms with van der Waals surface area (Å²) in [6.45, 7) is 8.13. The maximum atomic E-state index is 12.8. The number of benzene rings is 1. The molecule has 5 heteroatoms. The van der Waals surface area contributed by atoms with Gasteiger partial charge >= 0.3 is 0 Å². The van der Waals surface area contributed by atoms with Crippen LogP contribution in [0, 0.1) is 5.92 Å². The Hall–Kier alpha value is -1.88. The van der Waals surface area contributed by atoms with Crippen molar-refractivity contribution >= 4 is 11.8 Å². The van der Waals surface area contributed by atoms with Gasteiger partial charge in [-0.3, -0.25) is 9.59 Å². The lowest BCUT2D eigenvalue weighted by Crippen LogP contribution is -2.55. The standard InChI is InChI=1S/C20H30N2O3/c1-14(2)13-17(20(3,4)25)21-18(23)16-11-8-12-22(16)19(24)15-9-6-5-7-10-15/h5-7,9-10,14,16-17,25H,8,11-13H2,1-4H3,(H,21,23)/t16-,17+/m0/s1. The molecule has 2 amide bonds. The van der Waals surface area contributed by atoms with Crippen LogP contribution in [0.5, 0.6) is 0 Å². The summed E-state index contributed by atoms with van der Waals surface area (Å²) in [5.74, 6) is 0.0684. The molecule has 0 radical (unpaired) electrons. The van der Waals surface area contributed by atoms with Crippen molar-refractivity contribution in [2.75, 3.05) is 6.54 Å². The number of rotatable bonds is 6. The Labute approximate surface area is 150 Å². The Kier molecular flexibility index (Phi) is 6.22. The number of likely N-dealkylation sites (tertiary alicyclic amines) is 1. The molecule has 5 nitrogen and oxygen atoms in total. The summed E-state index contributed by atoms with van der Waals surface area (Å²) in [5.41, 5.74) is -0.407. The second-order valence-corrected chi connectivity index (χ2v) is 7.87. The van der Waals surface area contributed by atoms with E-state index in [1.54, 1.807) is 30.9 Å². The highest BCUT2D eigenvalue weighted by atomic mass is 16.3. The molecule has 1 aliphatic rings. The first-order valence-corrected chi connectivity index (χ1v) is 9.09. The molecule has 0 bridgehead atoms. The van der Waals surface area contributed by atoms with Gasteiger partial charge in [-0.15, -0.1) is 0 Å². The molecule has 138 valence electrons. The van der Waals surface area contributed by atoms with E-state index in [1.165, 1.54) is 0 Å². The summed E-state index contributed by atoms with van der Waals surface area (Å²) in [7, 11) is 0. The lowest BCUT2D eigenvalue weighted by molar-refractivity contribution is -0.127. The predicted octanol–water partition coefficient (Wildman–Crippen LogP) is 2.59. The Morgan fingerprint density at radius 2 is 1.92 bits per heavy atom. The number of carbonyl (C=O) groups excluding carboxylic acids is 2. The summed E-state index contributed by atoms with van der Waals surface area (Å²) in [5, 5.41) is 13.4. The first kappa shape index (κ1) is 19.4. The van der Waals surface area contributed by atoms with Crippen molar-refractivity contribution in [2.45, 2.75) is 64.6 Å². The highest BCUT2D eigenvalue weighted by Gasteiger charge is 2.37. The van der Waals surface area contributed by atoms with Crippen molar-refractivity contribution in [3.8, 4) is 0 Å². The summed E-state index contributed by atoms with van der Waals surface area (Å²) < 4.78 is 0. The fourth-order valence-electron chi connectivity index (χ4n) is 3.29. The molecule has 0 aromatic heterocycles. The van der Waals surface area contributed by atoms with E-state index in [2.05, 4.69) is 19.2 Å². The fraction of sp³-hybridized carbons (Fsp3) is 0.600. The van der Waals surface area contributed by atoms with Gasteiger partial charge in [0, 0.05) is 12.1 Å². The van der Waals surface area contributed by atoms with E-state index in [0.29, 0.717) is 30.9 Å². The molecule has 1 aromatic rings. The lowest BCUT2D eigenvalue weighted by Gasteiger charge is -2.33. The van der Waals surface area contributed by atoms with E-state index in [-0.39, 0.29) is 17.9 Å². The number of hydrogen-bond acceptors (Lipinski definition) is 3. The Morgan fingerprint density at radius 1 is 1.28 bits per heavy atom. The molecule has 1 heterocycles. The molecule has 0 spiro atoms. The second-order valence-electron chi connectivity index (χ2n) is 7.87. The van der Waals surface area contributed by atoms with E-state index in [1.807, 2.05) is 18.2 Å². The van der Waals surface area contributed by atoms with E-state index in [9.17, 15) is 14.7 Å². The highest BCUT2D eigenvalue weighted by Crippen LogP contribution is 2.22. The zero-order valence-electron chi connectivity index (χ0n) is 15.7. The lowest BCUT2D eigenvalue weighted by atomic mass is 9.90. The van der Waals surface area contributed by atoms with Crippen molar-refractivity contribution < 1.29 is 14.7 Å². The van der Waals surface area contributed by atoms with Gasteiger partial charge in [0.25, 0.3) is 5.91 Å². The number of nitrogens with zero attached hydrogens (tertiary/aromatic N) is 1. The van der Waals surface area contributed by atoms with Gasteiger partial charge in [0.05, 0.1) is 11.6 Å². The van der Waals surface area contributed by atoms with Gasteiger partial charge < -0.3 is 15.3 Å². The van der Waals surface area contributed by atoms with Gasteiger partial charge in [-0.2, -0.15) is 0 Å². The van der Waals surface area contributed by atoms with Crippen LogP contribution in [0.3, 0.4) is 0 Å². The predicted molar refractivity (Wildman–Crippen MR) is 98.2 cm³/mol. The van der Waals surface area contributed by atoms with E-state index in [0.717, 1.165) is 6.42 Å². The molecule has 1 fully saturated rings. The smallest absolute Gasteiger partial charge is 0.254 e. The molecule has 1 saturated heterocycles. The SMILES string of the molecule is CC(C)C[C@@H](NC(=O)[C@@H]1CCCN1C(=O)c1ccccc1)C(C)(C)O. The Morgan fingerprint density at radius 3 is 2.48 bits per heavy atom. The second kappa shape index (κ2) is 8.00. The number of aliphatic hydroxyl groups is 1. The van der Waals surface area contributed by atoms with Crippen LogP contribution in [0.25, 0.3) is 0 Å². The largest absolute Gasteiger partial charge is 0.388 e. The molecule has 0 saturated carbocycles. The van der Waals surface area contributed by atoms with Crippen LogP contribution in [0.2, 0.25) is 0 Å². The van der Waals surface area contributed by atoms with Gasteiger partial charge in [0.1, 0.15) is 6.04 Å². The monoisotopic (exact) mass is 346 g/mol. The van der Waals surface area contributed by atoms with Gasteiger partial charge in [0.15, 0.2) is 0 Å². The van der Waals surface area contributed by atoms with Gasteiger partial charge in [-0.1, -0.05) is 32.0 Å². The van der Waals surface area contributed by atoms with Crippen LogP contribution < -0.4 is 5.32 Å². The molecule has 1 aliphatic heterocycles. The van der Waals surface area contributed by atoms with Crippen molar-refractivity contribution in [3.63, 3.8) is 0 Å². The molecular weight excluding hydrogens is 316 g/mol. The molecular formula is C20H30N2O3. The number of amides is 2. The molecule has 1 aromatic carbocycles. The topological polar surface area (TPSA) is 69.6 Å². The normalized spacial score (nSPS) is 19.1. The Bertz CT molecular complexity index is 593. The first-order chi connectivity index (χ1) is 11.7. The third-order valence-corrected chi connectivity index (χ3v) is 4.71. The zero-order chi connectivity index (χ0) is 18.6. The third-order valence-electron chi connectivity index (χ3n) is 4.71. The summed E-state index contributed by atoms with van der Waals surface area (Å²) >= 11 is 0. The summed E-state index contributed by atoms with van der Waals surface area (Å²) in [6.07, 6.45) is 2.16. The number of nitrogens with one attached hydrogen (secondary N) is 1. The zero-order valence-corrected chi connectivity index (χ0v) is 15.7. The average Bonchev–Trinajstić information content (AvgIpc) is 3.02. The molecule has 0 unspecified atom stereocenters. The van der Waals surface area contributed by atoms with Crippen molar-refractivity contribution in [1.29, 1.82) is 0 Å². The van der Waals surface area contributed by atoms with Gasteiger partial charge in [0.2, 0.25) is 5.91 Å². The number of hydrogen-bond donors (Lipinski definition) is 2. The van der Waals surface area contributed by atoms with Crippen molar-refractivity contribution in [2.24, 2.45) is 5.92 Å². The average molecular weight is 346 g/mol. The molecule has 2 rings (SSSR count). The highest BCUT2D eigenvalue weighted by molar-refractivity contribution is 5.98. The molecule has 0 aliphatic carbocycles.